The Morgan fingerprint density at radius 1 is 1.18 bits per heavy atom. The SMILES string of the molecule is C#C/C(=C\C=C(/C)c1cnc(-c2ccc(C(=C)C)cc2)s1)OCCCCCC. The zero-order valence-electron chi connectivity index (χ0n) is 17.1. The van der Waals surface area contributed by atoms with Crippen LogP contribution in [0.1, 0.15) is 56.9 Å². The zero-order chi connectivity index (χ0) is 20.4. The number of benzene rings is 1. The van der Waals surface area contributed by atoms with E-state index < -0.39 is 0 Å². The molecular weight excluding hydrogens is 362 g/mol. The molecule has 0 saturated carbocycles. The summed E-state index contributed by atoms with van der Waals surface area (Å²) in [6, 6.07) is 8.35. The van der Waals surface area contributed by atoms with Crippen molar-refractivity contribution in [2.45, 2.75) is 46.5 Å². The van der Waals surface area contributed by atoms with Gasteiger partial charge in [-0.2, -0.15) is 0 Å². The van der Waals surface area contributed by atoms with Crippen LogP contribution < -0.4 is 0 Å². The Kier molecular flexibility index (Phi) is 8.78. The predicted octanol–water partition coefficient (Wildman–Crippen LogP) is 7.36. The quantitative estimate of drug-likeness (QED) is 0.183. The molecule has 2 rings (SSSR count). The lowest BCUT2D eigenvalue weighted by Gasteiger charge is -2.04. The summed E-state index contributed by atoms with van der Waals surface area (Å²) < 4.78 is 5.69. The lowest BCUT2D eigenvalue weighted by atomic mass is 10.1. The topological polar surface area (TPSA) is 22.1 Å². The number of aromatic nitrogens is 1. The molecule has 1 heterocycles. The molecule has 0 radical (unpaired) electrons. The molecule has 0 aliphatic rings. The van der Waals surface area contributed by atoms with Gasteiger partial charge in [0.1, 0.15) is 5.01 Å². The molecule has 3 heteroatoms. The number of hydrogen-bond acceptors (Lipinski definition) is 3. The van der Waals surface area contributed by atoms with Gasteiger partial charge in [-0.15, -0.1) is 17.8 Å². The molecule has 0 fully saturated rings. The van der Waals surface area contributed by atoms with Crippen LogP contribution in [0.3, 0.4) is 0 Å². The number of nitrogens with zero attached hydrogens (tertiary/aromatic N) is 1. The van der Waals surface area contributed by atoms with Gasteiger partial charge in [-0.1, -0.05) is 68.7 Å². The third-order valence-corrected chi connectivity index (χ3v) is 5.58. The number of ether oxygens (including phenoxy) is 1. The van der Waals surface area contributed by atoms with E-state index in [4.69, 9.17) is 11.2 Å². The minimum atomic E-state index is 0.580. The first-order chi connectivity index (χ1) is 13.5. The van der Waals surface area contributed by atoms with Crippen LogP contribution in [0.25, 0.3) is 21.7 Å². The number of thiazole rings is 1. The van der Waals surface area contributed by atoms with Gasteiger partial charge < -0.3 is 4.74 Å². The average molecular weight is 392 g/mol. The van der Waals surface area contributed by atoms with Gasteiger partial charge in [0, 0.05) is 11.8 Å². The molecule has 2 aromatic rings. The fourth-order valence-corrected chi connectivity index (χ4v) is 3.52. The first-order valence-electron chi connectivity index (χ1n) is 9.75. The van der Waals surface area contributed by atoms with Crippen molar-refractivity contribution >= 4 is 22.5 Å². The Balaban J connectivity index is 2.02. The maximum Gasteiger partial charge on any atom is 0.169 e. The summed E-state index contributed by atoms with van der Waals surface area (Å²) in [6.07, 6.45) is 16.0. The van der Waals surface area contributed by atoms with Crippen molar-refractivity contribution in [1.82, 2.24) is 4.98 Å². The molecule has 0 atom stereocenters. The second-order valence-electron chi connectivity index (χ2n) is 6.82. The maximum absolute atomic E-state index is 5.69. The van der Waals surface area contributed by atoms with Crippen molar-refractivity contribution in [1.29, 1.82) is 0 Å². The van der Waals surface area contributed by atoms with Crippen molar-refractivity contribution in [3.8, 4) is 22.9 Å². The van der Waals surface area contributed by atoms with Crippen LogP contribution in [0.4, 0.5) is 0 Å². The highest BCUT2D eigenvalue weighted by atomic mass is 32.1. The maximum atomic E-state index is 5.69. The summed E-state index contributed by atoms with van der Waals surface area (Å²) in [5, 5.41) is 1.00. The molecule has 1 aromatic heterocycles. The van der Waals surface area contributed by atoms with Crippen LogP contribution in [-0.2, 0) is 4.74 Å². The molecular formula is C25H29NOS. The van der Waals surface area contributed by atoms with Crippen molar-refractivity contribution in [3.05, 3.63) is 65.4 Å². The molecule has 1 aromatic carbocycles. The molecule has 0 unspecified atom stereocenters. The third-order valence-electron chi connectivity index (χ3n) is 4.40. The zero-order valence-corrected chi connectivity index (χ0v) is 17.9. The van der Waals surface area contributed by atoms with Gasteiger partial charge in [-0.05, 0) is 43.4 Å². The van der Waals surface area contributed by atoms with Gasteiger partial charge in [0.25, 0.3) is 0 Å². The molecule has 2 nitrogen and oxygen atoms in total. The number of hydrogen-bond donors (Lipinski definition) is 0. The second kappa shape index (κ2) is 11.3. The Morgan fingerprint density at radius 2 is 1.93 bits per heavy atom. The van der Waals surface area contributed by atoms with E-state index in [1.165, 1.54) is 19.3 Å². The van der Waals surface area contributed by atoms with Crippen LogP contribution in [-0.4, -0.2) is 11.6 Å². The Bertz CT molecular complexity index is 878. The Labute approximate surface area is 173 Å². The van der Waals surface area contributed by atoms with Gasteiger partial charge in [0.2, 0.25) is 0 Å². The van der Waals surface area contributed by atoms with E-state index in [2.05, 4.69) is 55.6 Å². The predicted molar refractivity (Wildman–Crippen MR) is 123 cm³/mol. The van der Waals surface area contributed by atoms with Crippen molar-refractivity contribution < 1.29 is 4.74 Å². The van der Waals surface area contributed by atoms with Gasteiger partial charge >= 0.3 is 0 Å². The molecule has 146 valence electrons. The lowest BCUT2D eigenvalue weighted by molar-refractivity contribution is 0.220. The third kappa shape index (κ3) is 6.55. The van der Waals surface area contributed by atoms with Crippen LogP contribution in [0, 0.1) is 12.3 Å². The standard InChI is InChI=1S/C25H29NOS/c1-6-8-9-10-17-27-23(7-2)16-11-20(5)24-18-26-25(28-24)22-14-12-21(13-15-22)19(3)4/h2,11-16,18H,3,6,8-10,17H2,1,4-5H3/b20-11+,23-16+. The van der Waals surface area contributed by atoms with E-state index in [1.807, 2.05) is 25.3 Å². The van der Waals surface area contributed by atoms with Crippen LogP contribution in [0.15, 0.2) is 55.0 Å². The van der Waals surface area contributed by atoms with E-state index in [-0.39, 0.29) is 0 Å². The number of terminal acetylenes is 1. The molecule has 0 aliphatic heterocycles. The summed E-state index contributed by atoms with van der Waals surface area (Å²) >= 11 is 1.67. The van der Waals surface area contributed by atoms with Crippen molar-refractivity contribution in [3.63, 3.8) is 0 Å². The van der Waals surface area contributed by atoms with Gasteiger partial charge in [0.15, 0.2) is 5.76 Å². The highest BCUT2D eigenvalue weighted by Crippen LogP contribution is 2.30. The molecule has 0 bridgehead atoms. The minimum Gasteiger partial charge on any atom is -0.485 e. The molecule has 28 heavy (non-hydrogen) atoms. The van der Waals surface area contributed by atoms with E-state index >= 15 is 0 Å². The van der Waals surface area contributed by atoms with Crippen molar-refractivity contribution in [2.75, 3.05) is 6.61 Å². The molecule has 0 N–H and O–H groups in total. The largest absolute Gasteiger partial charge is 0.485 e. The van der Waals surface area contributed by atoms with Crippen LogP contribution in [0.2, 0.25) is 0 Å². The minimum absolute atomic E-state index is 0.580. The van der Waals surface area contributed by atoms with Gasteiger partial charge in [0.05, 0.1) is 11.5 Å². The van der Waals surface area contributed by atoms with E-state index in [0.717, 1.165) is 38.6 Å². The average Bonchev–Trinajstić information content (AvgIpc) is 3.20. The van der Waals surface area contributed by atoms with E-state index in [1.54, 1.807) is 11.3 Å². The highest BCUT2D eigenvalue weighted by Gasteiger charge is 2.06. The summed E-state index contributed by atoms with van der Waals surface area (Å²) in [5.41, 5.74) is 4.45. The number of rotatable bonds is 10. The Hall–Kier alpha value is -2.57. The summed E-state index contributed by atoms with van der Waals surface area (Å²) in [4.78, 5) is 5.69. The lowest BCUT2D eigenvalue weighted by Crippen LogP contribution is -1.93. The van der Waals surface area contributed by atoms with Crippen molar-refractivity contribution in [2.24, 2.45) is 0 Å². The molecule has 0 spiro atoms. The molecule has 0 saturated heterocycles. The van der Waals surface area contributed by atoms with Gasteiger partial charge in [-0.25, -0.2) is 4.98 Å². The summed E-state index contributed by atoms with van der Waals surface area (Å²) in [5.74, 6) is 3.20. The number of unbranched alkanes of at least 4 members (excludes halogenated alkanes) is 3. The van der Waals surface area contributed by atoms with E-state index in [0.29, 0.717) is 12.4 Å². The Morgan fingerprint density at radius 3 is 2.57 bits per heavy atom. The van der Waals surface area contributed by atoms with Crippen LogP contribution in [0.5, 0.6) is 0 Å². The first kappa shape index (κ1) is 21.7. The number of allylic oxidation sites excluding steroid dienone is 5. The first-order valence-corrected chi connectivity index (χ1v) is 10.6. The fourth-order valence-electron chi connectivity index (χ4n) is 2.62. The summed E-state index contributed by atoms with van der Waals surface area (Å²) in [7, 11) is 0. The molecule has 0 aliphatic carbocycles. The van der Waals surface area contributed by atoms with Gasteiger partial charge in [-0.3, -0.25) is 0 Å². The monoisotopic (exact) mass is 391 g/mol. The fraction of sp³-hybridized carbons (Fsp3) is 0.320. The normalized spacial score (nSPS) is 11.9. The van der Waals surface area contributed by atoms with Crippen LogP contribution >= 0.6 is 11.3 Å². The highest BCUT2D eigenvalue weighted by molar-refractivity contribution is 7.16. The summed E-state index contributed by atoms with van der Waals surface area (Å²) in [6.45, 7) is 10.9. The second-order valence-corrected chi connectivity index (χ2v) is 7.85. The van der Waals surface area contributed by atoms with E-state index in [9.17, 15) is 0 Å². The smallest absolute Gasteiger partial charge is 0.169 e. The molecule has 0 amide bonds.